The van der Waals surface area contributed by atoms with Crippen molar-refractivity contribution >= 4 is 34.4 Å². The maximum absolute atomic E-state index is 13.6. The van der Waals surface area contributed by atoms with E-state index in [9.17, 15) is 18.8 Å². The topological polar surface area (TPSA) is 74.7 Å². The molecule has 0 saturated carbocycles. The zero-order chi connectivity index (χ0) is 14.9. The number of carboxylic acids is 1. The standard InChI is InChI=1S/C13H12FNO4S/c1-7(16)20-8-5-11(17)15(6-8)10-4-2-3-9(14)12(10)13(18)19/h2-4,8H,5-6H2,1H3,(H,18,19). The normalized spacial score (nSPS) is 18.4. The van der Waals surface area contributed by atoms with Crippen molar-refractivity contribution in [1.29, 1.82) is 0 Å². The quantitative estimate of drug-likeness (QED) is 0.922. The second-order valence-electron chi connectivity index (χ2n) is 4.38. The largest absolute Gasteiger partial charge is 0.478 e. The first-order valence-electron chi connectivity index (χ1n) is 5.89. The van der Waals surface area contributed by atoms with Crippen LogP contribution in [0.5, 0.6) is 0 Å². The molecule has 1 amide bonds. The third kappa shape index (κ3) is 2.82. The highest BCUT2D eigenvalue weighted by molar-refractivity contribution is 8.14. The van der Waals surface area contributed by atoms with E-state index in [-0.39, 0.29) is 34.9 Å². The van der Waals surface area contributed by atoms with Crippen LogP contribution >= 0.6 is 11.8 Å². The molecular formula is C13H12FNO4S. The maximum atomic E-state index is 13.6. The van der Waals surface area contributed by atoms with Gasteiger partial charge in [-0.3, -0.25) is 9.59 Å². The van der Waals surface area contributed by atoms with E-state index in [0.717, 1.165) is 17.8 Å². The van der Waals surface area contributed by atoms with Crippen LogP contribution in [-0.4, -0.2) is 33.9 Å². The minimum absolute atomic E-state index is 0.0363. The molecule has 0 bridgehead atoms. The second kappa shape index (κ2) is 5.62. The van der Waals surface area contributed by atoms with Crippen molar-refractivity contribution < 1.29 is 23.9 Å². The van der Waals surface area contributed by atoms with Crippen molar-refractivity contribution in [3.8, 4) is 0 Å². The maximum Gasteiger partial charge on any atom is 0.340 e. The summed E-state index contributed by atoms with van der Waals surface area (Å²) in [4.78, 5) is 35.4. The summed E-state index contributed by atoms with van der Waals surface area (Å²) in [5.74, 6) is -2.61. The first kappa shape index (κ1) is 14.5. The number of halogens is 1. The Kier molecular flexibility index (Phi) is 4.08. The van der Waals surface area contributed by atoms with Crippen LogP contribution in [0.1, 0.15) is 23.7 Å². The number of anilines is 1. The molecule has 1 unspecified atom stereocenters. The molecule has 1 aliphatic rings. The minimum Gasteiger partial charge on any atom is -0.478 e. The summed E-state index contributed by atoms with van der Waals surface area (Å²) in [7, 11) is 0. The summed E-state index contributed by atoms with van der Waals surface area (Å²) >= 11 is 1.04. The van der Waals surface area contributed by atoms with Gasteiger partial charge in [-0.05, 0) is 12.1 Å². The van der Waals surface area contributed by atoms with Gasteiger partial charge >= 0.3 is 5.97 Å². The number of carbonyl (C=O) groups is 3. The molecule has 20 heavy (non-hydrogen) atoms. The van der Waals surface area contributed by atoms with E-state index in [0.29, 0.717) is 0 Å². The lowest BCUT2D eigenvalue weighted by Crippen LogP contribution is -2.27. The van der Waals surface area contributed by atoms with Crippen molar-refractivity contribution in [3.63, 3.8) is 0 Å². The third-order valence-electron chi connectivity index (χ3n) is 2.92. The molecule has 1 heterocycles. The van der Waals surface area contributed by atoms with E-state index >= 15 is 0 Å². The van der Waals surface area contributed by atoms with Crippen LogP contribution in [0.4, 0.5) is 10.1 Å². The van der Waals surface area contributed by atoms with Gasteiger partial charge in [0.05, 0.1) is 5.69 Å². The van der Waals surface area contributed by atoms with Crippen LogP contribution in [0, 0.1) is 5.82 Å². The number of amides is 1. The second-order valence-corrected chi connectivity index (χ2v) is 5.86. The van der Waals surface area contributed by atoms with Gasteiger partial charge in [-0.2, -0.15) is 0 Å². The lowest BCUT2D eigenvalue weighted by atomic mass is 10.1. The fraction of sp³-hybridized carbons (Fsp3) is 0.308. The Balaban J connectivity index is 2.33. The van der Waals surface area contributed by atoms with Crippen molar-refractivity contribution in [1.82, 2.24) is 0 Å². The zero-order valence-corrected chi connectivity index (χ0v) is 11.4. The van der Waals surface area contributed by atoms with Gasteiger partial charge in [0.1, 0.15) is 11.4 Å². The number of hydrogen-bond donors (Lipinski definition) is 1. The molecule has 1 N–H and O–H groups in total. The van der Waals surface area contributed by atoms with Crippen molar-refractivity contribution in [3.05, 3.63) is 29.6 Å². The highest BCUT2D eigenvalue weighted by Gasteiger charge is 2.34. The fourth-order valence-electron chi connectivity index (χ4n) is 2.17. The molecule has 1 aromatic carbocycles. The molecule has 1 aliphatic heterocycles. The summed E-state index contributed by atoms with van der Waals surface area (Å²) in [5.41, 5.74) is -0.483. The van der Waals surface area contributed by atoms with Gasteiger partial charge in [-0.15, -0.1) is 0 Å². The number of aromatic carboxylic acids is 1. The first-order valence-corrected chi connectivity index (χ1v) is 6.77. The molecule has 1 aromatic rings. The Hall–Kier alpha value is -1.89. The lowest BCUT2D eigenvalue weighted by molar-refractivity contribution is -0.117. The molecule has 1 atom stereocenters. The van der Waals surface area contributed by atoms with E-state index < -0.39 is 17.3 Å². The summed E-state index contributed by atoms with van der Waals surface area (Å²) < 4.78 is 13.6. The van der Waals surface area contributed by atoms with Gasteiger partial charge < -0.3 is 10.0 Å². The van der Waals surface area contributed by atoms with Crippen LogP contribution < -0.4 is 4.90 Å². The van der Waals surface area contributed by atoms with Gasteiger partial charge in [0.15, 0.2) is 5.12 Å². The van der Waals surface area contributed by atoms with Gasteiger partial charge in [-0.25, -0.2) is 9.18 Å². The van der Waals surface area contributed by atoms with Gasteiger partial charge in [-0.1, -0.05) is 17.8 Å². The average molecular weight is 297 g/mol. The molecular weight excluding hydrogens is 285 g/mol. The Labute approximate surface area is 118 Å². The number of thioether (sulfide) groups is 1. The number of nitrogens with zero attached hydrogens (tertiary/aromatic N) is 1. The number of carbonyl (C=O) groups excluding carboxylic acids is 2. The Morgan fingerprint density at radius 1 is 1.45 bits per heavy atom. The highest BCUT2D eigenvalue weighted by atomic mass is 32.2. The Morgan fingerprint density at radius 3 is 2.75 bits per heavy atom. The van der Waals surface area contributed by atoms with E-state index in [2.05, 4.69) is 0 Å². The van der Waals surface area contributed by atoms with Gasteiger partial charge in [0.2, 0.25) is 5.91 Å². The fourth-order valence-corrected chi connectivity index (χ4v) is 3.09. The molecule has 0 aromatic heterocycles. The summed E-state index contributed by atoms with van der Waals surface area (Å²) in [6.45, 7) is 1.61. The smallest absolute Gasteiger partial charge is 0.340 e. The van der Waals surface area contributed by atoms with E-state index in [1.54, 1.807) is 0 Å². The third-order valence-corrected chi connectivity index (χ3v) is 3.90. The molecule has 2 rings (SSSR count). The first-order chi connectivity index (χ1) is 9.40. The Morgan fingerprint density at radius 2 is 2.15 bits per heavy atom. The van der Waals surface area contributed by atoms with Crippen LogP contribution in [0.3, 0.4) is 0 Å². The van der Waals surface area contributed by atoms with Crippen LogP contribution in [0.25, 0.3) is 0 Å². The number of carboxylic acid groups (broad SMARTS) is 1. The lowest BCUT2D eigenvalue weighted by Gasteiger charge is -2.18. The molecule has 0 spiro atoms. The van der Waals surface area contributed by atoms with Crippen molar-refractivity contribution in [2.75, 3.05) is 11.4 Å². The molecule has 5 nitrogen and oxygen atoms in total. The van der Waals surface area contributed by atoms with E-state index in [1.165, 1.54) is 24.0 Å². The van der Waals surface area contributed by atoms with Crippen LogP contribution in [0.2, 0.25) is 0 Å². The Bertz CT molecular complexity index is 590. The monoisotopic (exact) mass is 297 g/mol. The molecule has 7 heteroatoms. The predicted octanol–water partition coefficient (Wildman–Crippen LogP) is 1.91. The molecule has 1 saturated heterocycles. The molecule has 1 fully saturated rings. The highest BCUT2D eigenvalue weighted by Crippen LogP contribution is 2.31. The van der Waals surface area contributed by atoms with Crippen LogP contribution in [0.15, 0.2) is 18.2 Å². The summed E-state index contributed by atoms with van der Waals surface area (Å²) in [6, 6.07) is 3.79. The van der Waals surface area contributed by atoms with E-state index in [1.807, 2.05) is 0 Å². The summed E-state index contributed by atoms with van der Waals surface area (Å²) in [6.07, 6.45) is 0.139. The van der Waals surface area contributed by atoms with Crippen molar-refractivity contribution in [2.24, 2.45) is 0 Å². The predicted molar refractivity (Wildman–Crippen MR) is 72.4 cm³/mol. The number of benzene rings is 1. The van der Waals surface area contributed by atoms with Gasteiger partial charge in [0.25, 0.3) is 0 Å². The number of hydrogen-bond acceptors (Lipinski definition) is 4. The average Bonchev–Trinajstić information content (AvgIpc) is 2.68. The summed E-state index contributed by atoms with van der Waals surface area (Å²) in [5, 5.41) is 8.73. The minimum atomic E-state index is -1.42. The van der Waals surface area contributed by atoms with Crippen LogP contribution in [-0.2, 0) is 9.59 Å². The SMILES string of the molecule is CC(=O)SC1CC(=O)N(c2cccc(F)c2C(=O)O)C1. The van der Waals surface area contributed by atoms with Crippen molar-refractivity contribution in [2.45, 2.75) is 18.6 Å². The van der Waals surface area contributed by atoms with Gasteiger partial charge in [0, 0.05) is 25.1 Å². The molecule has 0 radical (unpaired) electrons. The zero-order valence-electron chi connectivity index (χ0n) is 10.6. The molecule has 106 valence electrons. The molecule has 0 aliphatic carbocycles. The van der Waals surface area contributed by atoms with E-state index in [4.69, 9.17) is 5.11 Å². The number of rotatable bonds is 3.